The van der Waals surface area contributed by atoms with Gasteiger partial charge >= 0.3 is 0 Å². The molecule has 0 spiro atoms. The van der Waals surface area contributed by atoms with Crippen molar-refractivity contribution in [1.29, 1.82) is 0 Å². The summed E-state index contributed by atoms with van der Waals surface area (Å²) in [5, 5.41) is 12.8. The molecule has 2 unspecified atom stereocenters. The maximum atomic E-state index is 12.3. The Hall–Kier alpha value is -2.13. The van der Waals surface area contributed by atoms with Gasteiger partial charge in [-0.15, -0.1) is 0 Å². The molecule has 0 heterocycles. The van der Waals surface area contributed by atoms with E-state index in [1.54, 1.807) is 13.0 Å². The van der Waals surface area contributed by atoms with Crippen LogP contribution in [0.3, 0.4) is 0 Å². The standard InChI is InChI=1S/C17H19NO2/c1-12-7-6-10-15(11-12)17(20)18-16(13(2)19)14-8-4-3-5-9-14/h3-11,13,16,19H,1-2H3,(H,18,20). The number of rotatable bonds is 4. The van der Waals surface area contributed by atoms with E-state index in [4.69, 9.17) is 0 Å². The van der Waals surface area contributed by atoms with Crippen LogP contribution < -0.4 is 5.32 Å². The number of carbonyl (C=O) groups excluding carboxylic acids is 1. The molecule has 0 aromatic heterocycles. The smallest absolute Gasteiger partial charge is 0.251 e. The first-order chi connectivity index (χ1) is 9.58. The maximum absolute atomic E-state index is 12.3. The average Bonchev–Trinajstić information content (AvgIpc) is 2.45. The molecule has 0 bridgehead atoms. The van der Waals surface area contributed by atoms with Crippen molar-refractivity contribution in [2.45, 2.75) is 26.0 Å². The van der Waals surface area contributed by atoms with Gasteiger partial charge in [0.05, 0.1) is 12.1 Å². The van der Waals surface area contributed by atoms with Gasteiger partial charge in [0.15, 0.2) is 0 Å². The minimum atomic E-state index is -0.661. The molecule has 3 nitrogen and oxygen atoms in total. The average molecular weight is 269 g/mol. The van der Waals surface area contributed by atoms with Crippen LogP contribution in [-0.4, -0.2) is 17.1 Å². The molecule has 2 N–H and O–H groups in total. The molecule has 0 radical (unpaired) electrons. The van der Waals surface area contributed by atoms with E-state index in [1.807, 2.05) is 55.5 Å². The van der Waals surface area contributed by atoms with Gasteiger partial charge in [-0.1, -0.05) is 48.0 Å². The van der Waals surface area contributed by atoms with Gasteiger partial charge < -0.3 is 10.4 Å². The van der Waals surface area contributed by atoms with Gasteiger partial charge in [0.1, 0.15) is 0 Å². The number of aliphatic hydroxyl groups is 1. The van der Waals surface area contributed by atoms with Crippen LogP contribution in [0.5, 0.6) is 0 Å². The fourth-order valence-corrected chi connectivity index (χ4v) is 2.15. The Morgan fingerprint density at radius 1 is 1.10 bits per heavy atom. The van der Waals surface area contributed by atoms with Crippen molar-refractivity contribution in [2.24, 2.45) is 0 Å². The highest BCUT2D eigenvalue weighted by Gasteiger charge is 2.20. The Kier molecular flexibility index (Phi) is 4.53. The van der Waals surface area contributed by atoms with E-state index in [2.05, 4.69) is 5.32 Å². The number of benzene rings is 2. The number of aryl methyl sites for hydroxylation is 1. The van der Waals surface area contributed by atoms with Crippen LogP contribution in [0.4, 0.5) is 0 Å². The highest BCUT2D eigenvalue weighted by molar-refractivity contribution is 5.94. The Labute approximate surface area is 119 Å². The van der Waals surface area contributed by atoms with Crippen LogP contribution in [0.25, 0.3) is 0 Å². The van der Waals surface area contributed by atoms with Gasteiger partial charge in [0.25, 0.3) is 5.91 Å². The van der Waals surface area contributed by atoms with Crippen molar-refractivity contribution >= 4 is 5.91 Å². The maximum Gasteiger partial charge on any atom is 0.251 e. The molecule has 0 aliphatic heterocycles. The van der Waals surface area contributed by atoms with Gasteiger partial charge in [-0.2, -0.15) is 0 Å². The number of hydrogen-bond donors (Lipinski definition) is 2. The fourth-order valence-electron chi connectivity index (χ4n) is 2.15. The molecule has 104 valence electrons. The van der Waals surface area contributed by atoms with E-state index in [1.165, 1.54) is 0 Å². The number of nitrogens with one attached hydrogen (secondary N) is 1. The molecule has 2 aromatic rings. The minimum Gasteiger partial charge on any atom is -0.391 e. The Balaban J connectivity index is 2.19. The Morgan fingerprint density at radius 3 is 2.40 bits per heavy atom. The summed E-state index contributed by atoms with van der Waals surface area (Å²) in [5.41, 5.74) is 2.53. The number of hydrogen-bond acceptors (Lipinski definition) is 2. The van der Waals surface area contributed by atoms with Crippen LogP contribution in [-0.2, 0) is 0 Å². The molecule has 0 saturated heterocycles. The largest absolute Gasteiger partial charge is 0.391 e. The van der Waals surface area contributed by atoms with E-state index >= 15 is 0 Å². The first-order valence-corrected chi connectivity index (χ1v) is 6.68. The quantitative estimate of drug-likeness (QED) is 0.896. The summed E-state index contributed by atoms with van der Waals surface area (Å²) in [6, 6.07) is 16.5. The van der Waals surface area contributed by atoms with Gasteiger partial charge in [0, 0.05) is 5.56 Å². The summed E-state index contributed by atoms with van der Waals surface area (Å²) in [7, 11) is 0. The summed E-state index contributed by atoms with van der Waals surface area (Å²) < 4.78 is 0. The molecular weight excluding hydrogens is 250 g/mol. The Morgan fingerprint density at radius 2 is 1.80 bits per heavy atom. The van der Waals surface area contributed by atoms with Crippen molar-refractivity contribution in [2.75, 3.05) is 0 Å². The van der Waals surface area contributed by atoms with E-state index in [9.17, 15) is 9.90 Å². The zero-order valence-corrected chi connectivity index (χ0v) is 11.7. The second-order valence-electron chi connectivity index (χ2n) is 4.97. The van der Waals surface area contributed by atoms with Gasteiger partial charge in [-0.05, 0) is 31.5 Å². The van der Waals surface area contributed by atoms with Crippen molar-refractivity contribution < 1.29 is 9.90 Å². The van der Waals surface area contributed by atoms with Crippen molar-refractivity contribution in [1.82, 2.24) is 5.32 Å². The summed E-state index contributed by atoms with van der Waals surface area (Å²) in [4.78, 5) is 12.3. The molecule has 2 aromatic carbocycles. The lowest BCUT2D eigenvalue weighted by molar-refractivity contribution is 0.0858. The number of aliphatic hydroxyl groups excluding tert-OH is 1. The third-order valence-corrected chi connectivity index (χ3v) is 3.21. The van der Waals surface area contributed by atoms with Gasteiger partial charge in [-0.3, -0.25) is 4.79 Å². The van der Waals surface area contributed by atoms with Crippen molar-refractivity contribution in [3.8, 4) is 0 Å². The predicted molar refractivity (Wildman–Crippen MR) is 79.5 cm³/mol. The van der Waals surface area contributed by atoms with Crippen LogP contribution in [0.15, 0.2) is 54.6 Å². The van der Waals surface area contributed by atoms with Crippen LogP contribution >= 0.6 is 0 Å². The molecule has 2 rings (SSSR count). The summed E-state index contributed by atoms with van der Waals surface area (Å²) in [6.45, 7) is 3.62. The molecule has 20 heavy (non-hydrogen) atoms. The van der Waals surface area contributed by atoms with Gasteiger partial charge in [0.2, 0.25) is 0 Å². The third kappa shape index (κ3) is 3.45. The highest BCUT2D eigenvalue weighted by Crippen LogP contribution is 2.17. The zero-order chi connectivity index (χ0) is 14.5. The summed E-state index contributed by atoms with van der Waals surface area (Å²) >= 11 is 0. The lowest BCUT2D eigenvalue weighted by atomic mass is 10.0. The van der Waals surface area contributed by atoms with Crippen molar-refractivity contribution in [3.05, 3.63) is 71.3 Å². The van der Waals surface area contributed by atoms with E-state index in [0.717, 1.165) is 11.1 Å². The highest BCUT2D eigenvalue weighted by atomic mass is 16.3. The van der Waals surface area contributed by atoms with Crippen LogP contribution in [0.1, 0.15) is 34.5 Å². The second kappa shape index (κ2) is 6.35. The lowest BCUT2D eigenvalue weighted by Crippen LogP contribution is -2.35. The molecule has 0 aliphatic carbocycles. The molecule has 2 atom stereocenters. The first-order valence-electron chi connectivity index (χ1n) is 6.68. The van der Waals surface area contributed by atoms with Gasteiger partial charge in [-0.25, -0.2) is 0 Å². The van der Waals surface area contributed by atoms with E-state index in [0.29, 0.717) is 5.56 Å². The monoisotopic (exact) mass is 269 g/mol. The lowest BCUT2D eigenvalue weighted by Gasteiger charge is -2.22. The molecule has 1 amide bonds. The number of amides is 1. The predicted octanol–water partition coefficient (Wildman–Crippen LogP) is 2.85. The topological polar surface area (TPSA) is 49.3 Å². The second-order valence-corrected chi connectivity index (χ2v) is 4.97. The number of carbonyl (C=O) groups is 1. The minimum absolute atomic E-state index is 0.177. The molecular formula is C17H19NO2. The molecule has 0 fully saturated rings. The fraction of sp³-hybridized carbons (Fsp3) is 0.235. The normalized spacial score (nSPS) is 13.6. The van der Waals surface area contributed by atoms with Crippen LogP contribution in [0, 0.1) is 6.92 Å². The molecule has 0 aliphatic rings. The summed E-state index contributed by atoms with van der Waals surface area (Å²) in [6.07, 6.45) is -0.661. The first kappa shape index (κ1) is 14.3. The van der Waals surface area contributed by atoms with E-state index in [-0.39, 0.29) is 5.91 Å². The van der Waals surface area contributed by atoms with Crippen LogP contribution in [0.2, 0.25) is 0 Å². The molecule has 3 heteroatoms. The van der Waals surface area contributed by atoms with E-state index < -0.39 is 12.1 Å². The third-order valence-electron chi connectivity index (χ3n) is 3.21. The molecule has 0 saturated carbocycles. The summed E-state index contributed by atoms with van der Waals surface area (Å²) in [5.74, 6) is -0.177. The zero-order valence-electron chi connectivity index (χ0n) is 11.7. The Bertz CT molecular complexity index is 579. The SMILES string of the molecule is Cc1cccc(C(=O)NC(c2ccccc2)C(C)O)c1. The van der Waals surface area contributed by atoms with Crippen molar-refractivity contribution in [3.63, 3.8) is 0 Å².